The minimum Gasteiger partial charge on any atom is -0.279 e. The number of nitrogens with one attached hydrogen (secondary N) is 2. The Morgan fingerprint density at radius 2 is 1.94 bits per heavy atom. The van der Waals surface area contributed by atoms with E-state index in [0.29, 0.717) is 33.1 Å². The van der Waals surface area contributed by atoms with E-state index >= 15 is 0 Å². The van der Waals surface area contributed by atoms with Gasteiger partial charge in [0.05, 0.1) is 29.1 Å². The number of fused-ring (bicyclic) bond motifs is 1. The van der Waals surface area contributed by atoms with Crippen LogP contribution in [0.4, 0.5) is 5.69 Å². The Labute approximate surface area is 183 Å². The van der Waals surface area contributed by atoms with Crippen molar-refractivity contribution < 1.29 is 13.3 Å². The summed E-state index contributed by atoms with van der Waals surface area (Å²) in [4.78, 5) is 9.04. The zero-order valence-corrected chi connectivity index (χ0v) is 17.9. The molecule has 0 amide bonds. The Bertz CT molecular complexity index is 1370. The lowest BCUT2D eigenvalue weighted by Crippen LogP contribution is -2.15. The van der Waals surface area contributed by atoms with Crippen molar-refractivity contribution in [2.75, 3.05) is 11.8 Å². The highest BCUT2D eigenvalue weighted by atomic mass is 35.5. The molecule has 0 saturated carbocycles. The summed E-state index contributed by atoms with van der Waals surface area (Å²) in [6.45, 7) is 3.81. The fourth-order valence-electron chi connectivity index (χ4n) is 2.93. The van der Waals surface area contributed by atoms with E-state index < -0.39 is 10.0 Å². The summed E-state index contributed by atoms with van der Waals surface area (Å²) in [5, 5.41) is 8.54. The summed E-state index contributed by atoms with van der Waals surface area (Å²) in [5.74, 6) is 0. The molecule has 2 aromatic carbocycles. The third-order valence-corrected chi connectivity index (χ3v) is 6.01. The first-order valence-corrected chi connectivity index (χ1v) is 10.8. The maximum Gasteiger partial charge on any atom is 0.261 e. The molecule has 0 aliphatic heterocycles. The topological polar surface area (TPSA) is 111 Å². The number of hydrogen-bond donors (Lipinski definition) is 2. The molecule has 0 atom stereocenters. The van der Waals surface area contributed by atoms with Crippen LogP contribution in [0.1, 0.15) is 5.56 Å². The number of anilines is 1. The predicted molar refractivity (Wildman–Crippen MR) is 118 cm³/mol. The minimum atomic E-state index is -3.90. The summed E-state index contributed by atoms with van der Waals surface area (Å²) < 4.78 is 30.1. The molecule has 0 aliphatic carbocycles. The molecule has 0 saturated heterocycles. The zero-order valence-electron chi connectivity index (χ0n) is 16.3. The smallest absolute Gasteiger partial charge is 0.261 e. The summed E-state index contributed by atoms with van der Waals surface area (Å²) >= 11 is 6.17. The molecule has 9 nitrogen and oxygen atoms in total. The Morgan fingerprint density at radius 3 is 2.68 bits per heavy atom. The van der Waals surface area contributed by atoms with Crippen molar-refractivity contribution in [1.82, 2.24) is 25.5 Å². The minimum absolute atomic E-state index is 0.0764. The first kappa shape index (κ1) is 20.8. The second-order valence-electron chi connectivity index (χ2n) is 6.42. The Kier molecular flexibility index (Phi) is 5.59. The van der Waals surface area contributed by atoms with Crippen molar-refractivity contribution in [3.05, 3.63) is 78.0 Å². The molecular formula is C20H17ClN6O3S. The molecule has 0 fully saturated rings. The second kappa shape index (κ2) is 8.34. The molecule has 158 valence electrons. The first-order valence-electron chi connectivity index (χ1n) is 8.96. The fourth-order valence-corrected chi connectivity index (χ4v) is 4.17. The van der Waals surface area contributed by atoms with Gasteiger partial charge in [-0.15, -0.1) is 5.10 Å². The van der Waals surface area contributed by atoms with Crippen LogP contribution in [0.2, 0.25) is 5.02 Å². The summed E-state index contributed by atoms with van der Waals surface area (Å²) in [6, 6.07) is 14.5. The van der Waals surface area contributed by atoms with Gasteiger partial charge in [0.2, 0.25) is 5.65 Å². The number of benzene rings is 2. The van der Waals surface area contributed by atoms with Gasteiger partial charge in [-0.2, -0.15) is 0 Å². The van der Waals surface area contributed by atoms with Crippen molar-refractivity contribution in [3.63, 3.8) is 0 Å². The summed E-state index contributed by atoms with van der Waals surface area (Å²) in [5.41, 5.74) is 5.55. The predicted octanol–water partition coefficient (Wildman–Crippen LogP) is 3.39. The normalized spacial score (nSPS) is 11.4. The largest absolute Gasteiger partial charge is 0.279 e. The van der Waals surface area contributed by atoms with E-state index in [1.54, 1.807) is 48.7 Å². The average molecular weight is 457 g/mol. The lowest BCUT2D eigenvalue weighted by Gasteiger charge is -2.14. The van der Waals surface area contributed by atoms with Crippen molar-refractivity contribution in [2.45, 2.75) is 4.90 Å². The average Bonchev–Trinajstić information content (AvgIpc) is 3.19. The van der Waals surface area contributed by atoms with Crippen LogP contribution in [-0.4, -0.2) is 35.5 Å². The standard InChI is InChI=1S/C20H17ClN6O3S/c1-13(24-30-2)14-5-8-16(9-6-14)31(28,29)25-17-10-7-15(21)12-19(17)27-18-4-3-11-22-20(18)23-26-27/h3-12,24-25H,1H2,2H3. The lowest BCUT2D eigenvalue weighted by atomic mass is 10.2. The van der Waals surface area contributed by atoms with Crippen molar-refractivity contribution in [1.29, 1.82) is 0 Å². The highest BCUT2D eigenvalue weighted by molar-refractivity contribution is 7.92. The van der Waals surface area contributed by atoms with Gasteiger partial charge in [-0.25, -0.2) is 18.1 Å². The van der Waals surface area contributed by atoms with Crippen molar-refractivity contribution in [3.8, 4) is 5.69 Å². The van der Waals surface area contributed by atoms with Gasteiger partial charge >= 0.3 is 0 Å². The van der Waals surface area contributed by atoms with Crippen molar-refractivity contribution in [2.24, 2.45) is 0 Å². The van der Waals surface area contributed by atoms with Crippen LogP contribution in [0.5, 0.6) is 0 Å². The molecule has 0 unspecified atom stereocenters. The molecule has 2 heterocycles. The third-order valence-electron chi connectivity index (χ3n) is 4.39. The van der Waals surface area contributed by atoms with Crippen LogP contribution in [0.15, 0.2) is 72.3 Å². The van der Waals surface area contributed by atoms with Gasteiger partial charge in [0.25, 0.3) is 10.0 Å². The number of hydrogen-bond acceptors (Lipinski definition) is 7. The third kappa shape index (κ3) is 4.22. The van der Waals surface area contributed by atoms with E-state index in [1.165, 1.54) is 23.9 Å². The van der Waals surface area contributed by atoms with E-state index in [2.05, 4.69) is 32.1 Å². The summed E-state index contributed by atoms with van der Waals surface area (Å²) in [6.07, 6.45) is 1.60. The number of pyridine rings is 1. The Hall–Kier alpha value is -3.47. The van der Waals surface area contributed by atoms with E-state index in [4.69, 9.17) is 16.4 Å². The molecule has 0 spiro atoms. The van der Waals surface area contributed by atoms with Crippen molar-refractivity contribution >= 4 is 44.2 Å². The monoisotopic (exact) mass is 456 g/mol. The van der Waals surface area contributed by atoms with Crippen LogP contribution in [0.3, 0.4) is 0 Å². The molecule has 31 heavy (non-hydrogen) atoms. The first-order chi connectivity index (χ1) is 14.9. The van der Waals surface area contributed by atoms with Gasteiger partial charge in [-0.05, 0) is 48.0 Å². The molecule has 11 heteroatoms. The van der Waals surface area contributed by atoms with E-state index in [-0.39, 0.29) is 10.6 Å². The molecule has 0 radical (unpaired) electrons. The molecular weight excluding hydrogens is 440 g/mol. The zero-order chi connectivity index (χ0) is 22.0. The molecule has 4 rings (SSSR count). The SMILES string of the molecule is C=C(NOC)c1ccc(S(=O)(=O)Nc2ccc(Cl)cc2-n2nnc3ncccc32)cc1. The molecule has 0 aliphatic rings. The van der Waals surface area contributed by atoms with Crippen LogP contribution in [-0.2, 0) is 14.9 Å². The quantitative estimate of drug-likeness (QED) is 0.410. The number of hydroxylamine groups is 1. The Balaban J connectivity index is 1.70. The van der Waals surface area contributed by atoms with E-state index in [0.717, 1.165) is 0 Å². The van der Waals surface area contributed by atoms with Gasteiger partial charge in [-0.3, -0.25) is 15.0 Å². The molecule has 2 aromatic heterocycles. The number of halogens is 1. The van der Waals surface area contributed by atoms with Gasteiger partial charge < -0.3 is 0 Å². The van der Waals surface area contributed by atoms with E-state index in [1.807, 2.05) is 0 Å². The van der Waals surface area contributed by atoms with E-state index in [9.17, 15) is 8.42 Å². The Morgan fingerprint density at radius 1 is 1.16 bits per heavy atom. The highest BCUT2D eigenvalue weighted by Crippen LogP contribution is 2.28. The number of sulfonamides is 1. The number of rotatable bonds is 7. The van der Waals surface area contributed by atoms with Gasteiger partial charge in [0.15, 0.2) is 0 Å². The van der Waals surface area contributed by atoms with Gasteiger partial charge in [0, 0.05) is 11.2 Å². The number of aromatic nitrogens is 4. The van der Waals surface area contributed by atoms with Crippen LogP contribution in [0.25, 0.3) is 22.5 Å². The maximum absolute atomic E-state index is 13.0. The second-order valence-corrected chi connectivity index (χ2v) is 8.54. The molecule has 2 N–H and O–H groups in total. The highest BCUT2D eigenvalue weighted by Gasteiger charge is 2.19. The van der Waals surface area contributed by atoms with Gasteiger partial charge in [0.1, 0.15) is 5.52 Å². The lowest BCUT2D eigenvalue weighted by molar-refractivity contribution is 0.137. The van der Waals surface area contributed by atoms with Crippen LogP contribution < -0.4 is 10.2 Å². The van der Waals surface area contributed by atoms with Gasteiger partial charge in [-0.1, -0.05) is 35.5 Å². The summed E-state index contributed by atoms with van der Waals surface area (Å²) in [7, 11) is -2.44. The fraction of sp³-hybridized carbons (Fsp3) is 0.0500. The molecule has 4 aromatic rings. The van der Waals surface area contributed by atoms with Crippen LogP contribution >= 0.6 is 11.6 Å². The maximum atomic E-state index is 13.0. The molecule has 0 bridgehead atoms. The number of nitrogens with zero attached hydrogens (tertiary/aromatic N) is 4. The van der Waals surface area contributed by atoms with Crippen LogP contribution in [0, 0.1) is 0 Å².